The molecule has 120 valence electrons. The van der Waals surface area contributed by atoms with Crippen molar-refractivity contribution in [1.82, 2.24) is 4.90 Å². The zero-order valence-electron chi connectivity index (χ0n) is 13.2. The van der Waals surface area contributed by atoms with Crippen LogP contribution in [0, 0.1) is 11.8 Å². The standard InChI is InChI=1S/C17H24N2O3/c1-19-9-11-5-3-6-12(10-19)17(11,22-2)14-8-4-7-13(15(14)20)16(18)21/h4,7-8,11-12,20H,3,5-6,9-10H2,1-2H3,(H2,18,21). The van der Waals surface area contributed by atoms with Gasteiger partial charge in [0.15, 0.2) is 0 Å². The number of methoxy groups -OCH3 is 1. The number of hydrogen-bond acceptors (Lipinski definition) is 4. The first kappa shape index (κ1) is 15.3. The maximum atomic E-state index is 11.6. The molecule has 2 fully saturated rings. The van der Waals surface area contributed by atoms with Crippen LogP contribution in [-0.4, -0.2) is 43.2 Å². The third-order valence-electron chi connectivity index (χ3n) is 5.44. The van der Waals surface area contributed by atoms with Gasteiger partial charge >= 0.3 is 0 Å². The molecule has 2 unspecified atom stereocenters. The molecular formula is C17H24N2O3. The zero-order chi connectivity index (χ0) is 15.9. The van der Waals surface area contributed by atoms with Gasteiger partial charge in [-0.15, -0.1) is 0 Å². The summed E-state index contributed by atoms with van der Waals surface area (Å²) in [5.41, 5.74) is 5.75. The number of aromatic hydroxyl groups is 1. The van der Waals surface area contributed by atoms with Crippen molar-refractivity contribution in [3.05, 3.63) is 29.3 Å². The van der Waals surface area contributed by atoms with E-state index in [0.717, 1.165) is 25.9 Å². The van der Waals surface area contributed by atoms with Crippen LogP contribution in [0.4, 0.5) is 0 Å². The van der Waals surface area contributed by atoms with Crippen molar-refractivity contribution < 1.29 is 14.6 Å². The maximum Gasteiger partial charge on any atom is 0.252 e. The summed E-state index contributed by atoms with van der Waals surface area (Å²) in [4.78, 5) is 13.9. The Bertz CT molecular complexity index is 573. The molecule has 1 saturated carbocycles. The number of ether oxygens (including phenoxy) is 1. The van der Waals surface area contributed by atoms with Crippen LogP contribution in [0.25, 0.3) is 0 Å². The van der Waals surface area contributed by atoms with Crippen LogP contribution in [-0.2, 0) is 10.3 Å². The smallest absolute Gasteiger partial charge is 0.252 e. The van der Waals surface area contributed by atoms with Crippen molar-refractivity contribution in [1.29, 1.82) is 0 Å². The van der Waals surface area contributed by atoms with E-state index in [-0.39, 0.29) is 11.3 Å². The molecule has 0 spiro atoms. The molecule has 2 bridgehead atoms. The largest absolute Gasteiger partial charge is 0.507 e. The summed E-state index contributed by atoms with van der Waals surface area (Å²) in [6.45, 7) is 1.87. The van der Waals surface area contributed by atoms with Crippen LogP contribution in [0.2, 0.25) is 0 Å². The molecular weight excluding hydrogens is 280 g/mol. The molecule has 1 aliphatic carbocycles. The molecule has 2 atom stereocenters. The first-order valence-corrected chi connectivity index (χ1v) is 7.86. The average molecular weight is 304 g/mol. The van der Waals surface area contributed by atoms with E-state index in [1.807, 2.05) is 6.07 Å². The fourth-order valence-electron chi connectivity index (χ4n) is 4.59. The van der Waals surface area contributed by atoms with E-state index in [0.29, 0.717) is 17.4 Å². The van der Waals surface area contributed by atoms with E-state index >= 15 is 0 Å². The summed E-state index contributed by atoms with van der Waals surface area (Å²) < 4.78 is 6.06. The number of nitrogens with two attached hydrogens (primary N) is 1. The van der Waals surface area contributed by atoms with Gasteiger partial charge in [-0.1, -0.05) is 18.6 Å². The van der Waals surface area contributed by atoms with Gasteiger partial charge in [-0.3, -0.25) is 4.79 Å². The Morgan fingerprint density at radius 1 is 1.36 bits per heavy atom. The number of phenols is 1. The van der Waals surface area contributed by atoms with Gasteiger partial charge in [-0.2, -0.15) is 0 Å². The quantitative estimate of drug-likeness (QED) is 0.891. The number of rotatable bonds is 3. The van der Waals surface area contributed by atoms with E-state index in [4.69, 9.17) is 10.5 Å². The fourth-order valence-corrected chi connectivity index (χ4v) is 4.59. The number of piperidine rings is 1. The Morgan fingerprint density at radius 2 is 2.00 bits per heavy atom. The second-order valence-corrected chi connectivity index (χ2v) is 6.61. The van der Waals surface area contributed by atoms with E-state index in [9.17, 15) is 9.90 Å². The summed E-state index contributed by atoms with van der Waals surface area (Å²) in [5.74, 6) is -0.00459. The van der Waals surface area contributed by atoms with Crippen molar-refractivity contribution in [2.45, 2.75) is 24.9 Å². The Hall–Kier alpha value is -1.59. The van der Waals surface area contributed by atoms with Crippen LogP contribution in [0.15, 0.2) is 18.2 Å². The molecule has 3 rings (SSSR count). The fraction of sp³-hybridized carbons (Fsp3) is 0.588. The SMILES string of the molecule is COC1(c2cccc(C(N)=O)c2O)C2CCCC1CN(C)C2. The number of fused-ring (bicyclic) bond motifs is 2. The van der Waals surface area contributed by atoms with Crippen molar-refractivity contribution >= 4 is 5.91 Å². The minimum absolute atomic E-state index is 0.0155. The number of hydrogen-bond donors (Lipinski definition) is 2. The van der Waals surface area contributed by atoms with Gasteiger partial charge < -0.3 is 20.5 Å². The van der Waals surface area contributed by atoms with Crippen LogP contribution >= 0.6 is 0 Å². The van der Waals surface area contributed by atoms with Crippen LogP contribution < -0.4 is 5.73 Å². The zero-order valence-corrected chi connectivity index (χ0v) is 13.2. The number of primary amides is 1. The van der Waals surface area contributed by atoms with E-state index in [2.05, 4.69) is 11.9 Å². The summed E-state index contributed by atoms with van der Waals surface area (Å²) in [7, 11) is 3.84. The molecule has 1 amide bonds. The third kappa shape index (κ3) is 2.11. The van der Waals surface area contributed by atoms with Crippen LogP contribution in [0.1, 0.15) is 35.2 Å². The molecule has 22 heavy (non-hydrogen) atoms. The minimum atomic E-state index is -0.608. The predicted octanol–water partition coefficient (Wildman–Crippen LogP) is 1.69. The lowest BCUT2D eigenvalue weighted by Gasteiger charge is -2.54. The number of carbonyl (C=O) groups excluding carboxylic acids is 1. The molecule has 1 aromatic carbocycles. The molecule has 3 N–H and O–H groups in total. The lowest BCUT2D eigenvalue weighted by Crippen LogP contribution is -2.58. The summed E-state index contributed by atoms with van der Waals surface area (Å²) in [6.07, 6.45) is 3.31. The number of para-hydroxylation sites is 1. The van der Waals surface area contributed by atoms with Crippen molar-refractivity contribution in [2.75, 3.05) is 27.2 Å². The molecule has 5 nitrogen and oxygen atoms in total. The highest BCUT2D eigenvalue weighted by Gasteiger charge is 2.53. The molecule has 5 heteroatoms. The summed E-state index contributed by atoms with van der Waals surface area (Å²) in [6, 6.07) is 5.22. The molecule has 1 saturated heterocycles. The van der Waals surface area contributed by atoms with Gasteiger partial charge in [0.2, 0.25) is 0 Å². The van der Waals surface area contributed by atoms with Crippen molar-refractivity contribution in [2.24, 2.45) is 17.6 Å². The molecule has 1 aliphatic heterocycles. The Kier molecular flexibility index (Phi) is 3.87. The van der Waals surface area contributed by atoms with Crippen LogP contribution in [0.5, 0.6) is 5.75 Å². The van der Waals surface area contributed by atoms with Crippen LogP contribution in [0.3, 0.4) is 0 Å². The Labute approximate surface area is 131 Å². The number of nitrogens with zero attached hydrogens (tertiary/aromatic N) is 1. The van der Waals surface area contributed by atoms with Crippen molar-refractivity contribution in [3.8, 4) is 5.75 Å². The highest BCUT2D eigenvalue weighted by molar-refractivity contribution is 5.96. The highest BCUT2D eigenvalue weighted by atomic mass is 16.5. The number of carbonyl (C=O) groups is 1. The number of amides is 1. The first-order chi connectivity index (χ1) is 10.5. The number of likely N-dealkylation sites (tertiary alicyclic amines) is 1. The van der Waals surface area contributed by atoms with Crippen molar-refractivity contribution in [3.63, 3.8) is 0 Å². The molecule has 2 aliphatic rings. The monoisotopic (exact) mass is 304 g/mol. The van der Waals surface area contributed by atoms with Gasteiger partial charge in [0.25, 0.3) is 5.91 Å². The van der Waals surface area contributed by atoms with Gasteiger partial charge in [0.05, 0.1) is 5.56 Å². The Morgan fingerprint density at radius 3 is 2.55 bits per heavy atom. The van der Waals surface area contributed by atoms with Gasteiger partial charge in [0, 0.05) is 37.6 Å². The lowest BCUT2D eigenvalue weighted by atomic mass is 9.62. The van der Waals surface area contributed by atoms with E-state index in [1.54, 1.807) is 19.2 Å². The lowest BCUT2D eigenvalue weighted by molar-refractivity contribution is -0.166. The Balaban J connectivity index is 2.15. The van der Waals surface area contributed by atoms with Gasteiger partial charge in [0.1, 0.15) is 11.4 Å². The normalized spacial score (nSPS) is 31.9. The first-order valence-electron chi connectivity index (χ1n) is 7.86. The van der Waals surface area contributed by atoms with Gasteiger partial charge in [-0.05, 0) is 26.0 Å². The highest BCUT2D eigenvalue weighted by Crippen LogP contribution is 2.53. The maximum absolute atomic E-state index is 11.6. The second-order valence-electron chi connectivity index (χ2n) is 6.61. The number of benzene rings is 1. The van der Waals surface area contributed by atoms with E-state index < -0.39 is 11.5 Å². The predicted molar refractivity (Wildman–Crippen MR) is 83.6 cm³/mol. The third-order valence-corrected chi connectivity index (χ3v) is 5.44. The molecule has 1 aromatic rings. The molecule has 0 radical (unpaired) electrons. The second kappa shape index (κ2) is 5.56. The summed E-state index contributed by atoms with van der Waals surface area (Å²) in [5, 5.41) is 10.6. The average Bonchev–Trinajstić information content (AvgIpc) is 2.46. The topological polar surface area (TPSA) is 75.8 Å². The minimum Gasteiger partial charge on any atom is -0.507 e. The van der Waals surface area contributed by atoms with Gasteiger partial charge in [-0.25, -0.2) is 0 Å². The molecule has 0 aromatic heterocycles. The molecule has 1 heterocycles. The van der Waals surface area contributed by atoms with E-state index in [1.165, 1.54) is 6.42 Å². The summed E-state index contributed by atoms with van der Waals surface area (Å²) >= 11 is 0.